The number of hydrogen-bond donors (Lipinski definition) is 0. The molecular formula is C12H22O3. The van der Waals surface area contributed by atoms with Crippen LogP contribution in [-0.2, 0) is 14.3 Å². The maximum atomic E-state index is 11.3. The van der Waals surface area contributed by atoms with E-state index in [0.717, 1.165) is 12.8 Å². The minimum atomic E-state index is -0.137. The molecule has 1 fully saturated rings. The van der Waals surface area contributed by atoms with Gasteiger partial charge in [-0.3, -0.25) is 4.79 Å². The molecule has 0 aromatic carbocycles. The third-order valence-corrected chi connectivity index (χ3v) is 3.96. The summed E-state index contributed by atoms with van der Waals surface area (Å²) in [4.78, 5) is 11.3. The number of hydrogen-bond acceptors (Lipinski definition) is 3. The van der Waals surface area contributed by atoms with E-state index >= 15 is 0 Å². The quantitative estimate of drug-likeness (QED) is 0.658. The molecule has 0 radical (unpaired) electrons. The summed E-state index contributed by atoms with van der Waals surface area (Å²) < 4.78 is 10.4. The highest BCUT2D eigenvalue weighted by atomic mass is 16.7. The highest BCUT2D eigenvalue weighted by Crippen LogP contribution is 2.53. The molecule has 3 nitrogen and oxygen atoms in total. The number of methoxy groups -OCH3 is 2. The van der Waals surface area contributed by atoms with Crippen molar-refractivity contribution in [2.45, 2.75) is 39.9 Å². The van der Waals surface area contributed by atoms with Gasteiger partial charge >= 0.3 is 0 Å². The number of rotatable bonds is 5. The van der Waals surface area contributed by atoms with Crippen molar-refractivity contribution in [1.29, 1.82) is 0 Å². The number of ether oxygens (including phenoxy) is 2. The van der Waals surface area contributed by atoms with Crippen LogP contribution in [0.15, 0.2) is 0 Å². The van der Waals surface area contributed by atoms with Crippen molar-refractivity contribution in [2.24, 2.45) is 17.3 Å². The molecule has 3 heteroatoms. The van der Waals surface area contributed by atoms with Gasteiger partial charge in [-0.15, -0.1) is 0 Å². The summed E-state index contributed by atoms with van der Waals surface area (Å²) >= 11 is 0. The van der Waals surface area contributed by atoms with Crippen molar-refractivity contribution in [3.05, 3.63) is 0 Å². The zero-order chi connectivity index (χ0) is 11.6. The molecule has 0 aromatic heterocycles. The van der Waals surface area contributed by atoms with Gasteiger partial charge in [0.25, 0.3) is 0 Å². The maximum Gasteiger partial charge on any atom is 0.157 e. The molecule has 0 aliphatic heterocycles. The van der Waals surface area contributed by atoms with E-state index in [2.05, 4.69) is 13.8 Å². The topological polar surface area (TPSA) is 35.5 Å². The van der Waals surface area contributed by atoms with Gasteiger partial charge < -0.3 is 9.47 Å². The van der Waals surface area contributed by atoms with E-state index in [9.17, 15) is 4.79 Å². The van der Waals surface area contributed by atoms with E-state index in [1.165, 1.54) is 0 Å². The standard InChI is InChI=1S/C12H22O3/c1-8(13)10-6-9(12(10,2)3)7-11(14-4)15-5/h9-11H,6-7H2,1-5H3/t9-,10+/m1/s1. The largest absolute Gasteiger partial charge is 0.356 e. The molecule has 0 spiro atoms. The van der Waals surface area contributed by atoms with Crippen LogP contribution in [-0.4, -0.2) is 26.3 Å². The first-order valence-corrected chi connectivity index (χ1v) is 5.49. The minimum Gasteiger partial charge on any atom is -0.356 e. The monoisotopic (exact) mass is 214 g/mol. The van der Waals surface area contributed by atoms with Crippen molar-refractivity contribution < 1.29 is 14.3 Å². The first-order chi connectivity index (χ1) is 6.93. The Kier molecular flexibility index (Phi) is 3.90. The van der Waals surface area contributed by atoms with E-state index in [4.69, 9.17) is 9.47 Å². The Hall–Kier alpha value is -0.410. The van der Waals surface area contributed by atoms with E-state index in [1.807, 2.05) is 0 Å². The molecule has 15 heavy (non-hydrogen) atoms. The fraction of sp³-hybridized carbons (Fsp3) is 0.917. The van der Waals surface area contributed by atoms with Gasteiger partial charge in [0.15, 0.2) is 6.29 Å². The predicted molar refractivity (Wildman–Crippen MR) is 58.5 cm³/mol. The lowest BCUT2D eigenvalue weighted by Gasteiger charge is -2.52. The second kappa shape index (κ2) is 4.62. The van der Waals surface area contributed by atoms with Crippen molar-refractivity contribution in [1.82, 2.24) is 0 Å². The van der Waals surface area contributed by atoms with Gasteiger partial charge in [-0.05, 0) is 24.7 Å². The number of ketones is 1. The van der Waals surface area contributed by atoms with Crippen LogP contribution in [0.3, 0.4) is 0 Å². The SMILES string of the molecule is COC(C[C@H]1C[C@@H](C(C)=O)C1(C)C)OC. The van der Waals surface area contributed by atoms with Crippen molar-refractivity contribution >= 4 is 5.78 Å². The highest BCUT2D eigenvalue weighted by Gasteiger charge is 2.50. The Labute approximate surface area is 92.1 Å². The molecule has 1 saturated carbocycles. The van der Waals surface area contributed by atoms with E-state index in [1.54, 1.807) is 21.1 Å². The normalized spacial score (nSPS) is 28.9. The maximum absolute atomic E-state index is 11.3. The van der Waals surface area contributed by atoms with Crippen molar-refractivity contribution in [2.75, 3.05) is 14.2 Å². The van der Waals surface area contributed by atoms with Crippen molar-refractivity contribution in [3.63, 3.8) is 0 Å². The lowest BCUT2D eigenvalue weighted by atomic mass is 9.52. The average molecular weight is 214 g/mol. The van der Waals surface area contributed by atoms with Crippen LogP contribution in [0.25, 0.3) is 0 Å². The zero-order valence-corrected chi connectivity index (χ0v) is 10.4. The second-order valence-electron chi connectivity index (χ2n) is 5.05. The van der Waals surface area contributed by atoms with E-state index < -0.39 is 0 Å². The van der Waals surface area contributed by atoms with Crippen LogP contribution in [0.1, 0.15) is 33.6 Å². The Bertz CT molecular complexity index is 231. The molecule has 2 atom stereocenters. The summed E-state index contributed by atoms with van der Waals surface area (Å²) in [7, 11) is 3.31. The zero-order valence-electron chi connectivity index (χ0n) is 10.4. The van der Waals surface area contributed by atoms with Gasteiger partial charge in [0, 0.05) is 26.6 Å². The summed E-state index contributed by atoms with van der Waals surface area (Å²) in [6.07, 6.45) is 1.72. The molecule has 0 amide bonds. The lowest BCUT2D eigenvalue weighted by Crippen LogP contribution is -2.49. The van der Waals surface area contributed by atoms with Gasteiger partial charge in [-0.1, -0.05) is 13.8 Å². The van der Waals surface area contributed by atoms with E-state index in [0.29, 0.717) is 11.7 Å². The van der Waals surface area contributed by atoms with Crippen LogP contribution < -0.4 is 0 Å². The third kappa shape index (κ3) is 2.40. The molecule has 1 aliphatic carbocycles. The fourth-order valence-corrected chi connectivity index (χ4v) is 2.63. The molecule has 0 saturated heterocycles. The van der Waals surface area contributed by atoms with Gasteiger partial charge in [0.05, 0.1) is 0 Å². The fourth-order valence-electron chi connectivity index (χ4n) is 2.63. The van der Waals surface area contributed by atoms with E-state index in [-0.39, 0.29) is 17.6 Å². The Balaban J connectivity index is 2.51. The molecule has 1 rings (SSSR count). The molecule has 0 heterocycles. The second-order valence-corrected chi connectivity index (χ2v) is 5.05. The Morgan fingerprint density at radius 3 is 2.27 bits per heavy atom. The lowest BCUT2D eigenvalue weighted by molar-refractivity contribution is -0.157. The van der Waals surface area contributed by atoms with Gasteiger partial charge in [-0.25, -0.2) is 0 Å². The number of carbonyl (C=O) groups is 1. The third-order valence-electron chi connectivity index (χ3n) is 3.96. The highest BCUT2D eigenvalue weighted by molar-refractivity contribution is 5.80. The molecule has 0 bridgehead atoms. The first kappa shape index (κ1) is 12.7. The summed E-state index contributed by atoms with van der Waals surface area (Å²) in [5.74, 6) is 1.05. The van der Waals surface area contributed by atoms with Crippen LogP contribution >= 0.6 is 0 Å². The first-order valence-electron chi connectivity index (χ1n) is 5.49. The minimum absolute atomic E-state index is 0.0984. The van der Waals surface area contributed by atoms with Gasteiger partial charge in [0.1, 0.15) is 5.78 Å². The van der Waals surface area contributed by atoms with Gasteiger partial charge in [-0.2, -0.15) is 0 Å². The van der Waals surface area contributed by atoms with Crippen molar-refractivity contribution in [3.8, 4) is 0 Å². The Morgan fingerprint density at radius 1 is 1.40 bits per heavy atom. The van der Waals surface area contributed by atoms with Crippen LogP contribution in [0, 0.1) is 17.3 Å². The summed E-state index contributed by atoms with van der Waals surface area (Å²) in [6.45, 7) is 6.01. The average Bonchev–Trinajstić information content (AvgIpc) is 2.16. The predicted octanol–water partition coefficient (Wildman–Crippen LogP) is 2.25. The summed E-state index contributed by atoms with van der Waals surface area (Å²) in [6, 6.07) is 0. The molecule has 88 valence electrons. The Morgan fingerprint density at radius 2 is 1.93 bits per heavy atom. The smallest absolute Gasteiger partial charge is 0.157 e. The molecular weight excluding hydrogens is 192 g/mol. The molecule has 0 N–H and O–H groups in total. The van der Waals surface area contributed by atoms with Gasteiger partial charge in [0.2, 0.25) is 0 Å². The number of Topliss-reactive ketones (excluding diaryl/α,β-unsaturated/α-hetero) is 1. The van der Waals surface area contributed by atoms with Crippen LogP contribution in [0.2, 0.25) is 0 Å². The van der Waals surface area contributed by atoms with Crippen LogP contribution in [0.4, 0.5) is 0 Å². The molecule has 0 aromatic rings. The summed E-state index contributed by atoms with van der Waals surface area (Å²) in [5.41, 5.74) is 0.0984. The molecule has 1 aliphatic rings. The van der Waals surface area contributed by atoms with Crippen LogP contribution in [0.5, 0.6) is 0 Å². The number of carbonyl (C=O) groups excluding carboxylic acids is 1. The molecule has 0 unspecified atom stereocenters. The summed E-state index contributed by atoms with van der Waals surface area (Å²) in [5, 5.41) is 0.